The molecule has 1 heterocycles. The highest BCUT2D eigenvalue weighted by Crippen LogP contribution is 2.18. The van der Waals surface area contributed by atoms with Crippen LogP contribution in [0.1, 0.15) is 39.5 Å². The maximum atomic E-state index is 11.3. The average molecular weight is 184 g/mol. The lowest BCUT2D eigenvalue weighted by atomic mass is 9.95. The minimum absolute atomic E-state index is 0.200. The number of hydrogen-bond acceptors (Lipinski definition) is 2. The van der Waals surface area contributed by atoms with Gasteiger partial charge in [0.05, 0.1) is 0 Å². The van der Waals surface area contributed by atoms with Crippen molar-refractivity contribution in [2.45, 2.75) is 45.1 Å². The summed E-state index contributed by atoms with van der Waals surface area (Å²) in [5.74, 6) is -0.200. The van der Waals surface area contributed by atoms with Crippen LogP contribution < -0.4 is 10.6 Å². The van der Waals surface area contributed by atoms with E-state index < -0.39 is 5.54 Å². The summed E-state index contributed by atoms with van der Waals surface area (Å²) in [7, 11) is 0. The second-order valence-corrected chi connectivity index (χ2v) is 3.70. The lowest BCUT2D eigenvalue weighted by molar-refractivity contribution is -0.123. The van der Waals surface area contributed by atoms with Crippen molar-refractivity contribution in [3.05, 3.63) is 0 Å². The van der Waals surface area contributed by atoms with Gasteiger partial charge in [-0.05, 0) is 13.3 Å². The molecular formula is C9H16N2O2. The van der Waals surface area contributed by atoms with Crippen molar-refractivity contribution in [2.75, 3.05) is 0 Å². The Balaban J connectivity index is 2.46. The van der Waals surface area contributed by atoms with Gasteiger partial charge in [0, 0.05) is 0 Å². The number of hydrogen-bond donors (Lipinski definition) is 2. The number of unbranched alkanes of at least 4 members (excludes halogenated alkanes) is 2. The first-order chi connectivity index (χ1) is 6.08. The van der Waals surface area contributed by atoms with Crippen LogP contribution in [0.5, 0.6) is 0 Å². The molecule has 13 heavy (non-hydrogen) atoms. The predicted octanol–water partition coefficient (Wildman–Crippen LogP) is 1.16. The molecule has 1 atom stereocenters. The van der Waals surface area contributed by atoms with Crippen LogP contribution in [0.2, 0.25) is 0 Å². The molecule has 3 amide bonds. The third-order valence-electron chi connectivity index (χ3n) is 2.40. The molecular weight excluding hydrogens is 168 g/mol. The molecule has 1 aliphatic heterocycles. The fourth-order valence-electron chi connectivity index (χ4n) is 1.48. The third kappa shape index (κ3) is 2.20. The molecule has 0 aromatic rings. The molecule has 4 heteroatoms. The van der Waals surface area contributed by atoms with Gasteiger partial charge >= 0.3 is 6.03 Å². The molecule has 1 fully saturated rings. The van der Waals surface area contributed by atoms with Gasteiger partial charge in [0.15, 0.2) is 0 Å². The van der Waals surface area contributed by atoms with Gasteiger partial charge in [-0.2, -0.15) is 0 Å². The van der Waals surface area contributed by atoms with E-state index in [4.69, 9.17) is 0 Å². The van der Waals surface area contributed by atoms with E-state index in [9.17, 15) is 9.59 Å². The number of nitrogens with one attached hydrogen (secondary N) is 2. The highest BCUT2D eigenvalue weighted by atomic mass is 16.2. The zero-order valence-corrected chi connectivity index (χ0v) is 8.14. The Kier molecular flexibility index (Phi) is 2.90. The minimum Gasteiger partial charge on any atom is -0.324 e. The number of urea groups is 1. The van der Waals surface area contributed by atoms with E-state index in [1.165, 1.54) is 0 Å². The number of rotatable bonds is 4. The van der Waals surface area contributed by atoms with Gasteiger partial charge in [0.25, 0.3) is 5.91 Å². The summed E-state index contributed by atoms with van der Waals surface area (Å²) in [4.78, 5) is 22.2. The number of imide groups is 1. The van der Waals surface area contributed by atoms with Crippen molar-refractivity contribution in [1.29, 1.82) is 0 Å². The summed E-state index contributed by atoms with van der Waals surface area (Å²) in [5.41, 5.74) is -0.674. The highest BCUT2D eigenvalue weighted by Gasteiger charge is 2.40. The SMILES string of the molecule is CCCCCC1(C)NC(=O)NC1=O. The zero-order chi connectivity index (χ0) is 9.90. The predicted molar refractivity (Wildman–Crippen MR) is 49.2 cm³/mol. The van der Waals surface area contributed by atoms with E-state index in [1.807, 2.05) is 0 Å². The van der Waals surface area contributed by atoms with Crippen LogP contribution in [0.4, 0.5) is 4.79 Å². The fourth-order valence-corrected chi connectivity index (χ4v) is 1.48. The number of amides is 3. The topological polar surface area (TPSA) is 58.2 Å². The van der Waals surface area contributed by atoms with E-state index in [0.29, 0.717) is 0 Å². The van der Waals surface area contributed by atoms with Gasteiger partial charge in [-0.25, -0.2) is 4.79 Å². The van der Waals surface area contributed by atoms with Crippen LogP contribution >= 0.6 is 0 Å². The van der Waals surface area contributed by atoms with Crippen molar-refractivity contribution < 1.29 is 9.59 Å². The third-order valence-corrected chi connectivity index (χ3v) is 2.40. The first-order valence-electron chi connectivity index (χ1n) is 4.72. The second kappa shape index (κ2) is 3.77. The Morgan fingerprint density at radius 3 is 2.46 bits per heavy atom. The van der Waals surface area contributed by atoms with Crippen molar-refractivity contribution in [3.63, 3.8) is 0 Å². The number of carbonyl (C=O) groups excluding carboxylic acids is 2. The maximum absolute atomic E-state index is 11.3. The van der Waals surface area contributed by atoms with Gasteiger partial charge in [0.2, 0.25) is 0 Å². The molecule has 0 aromatic carbocycles. The average Bonchev–Trinajstić information content (AvgIpc) is 2.27. The Hall–Kier alpha value is -1.06. The molecule has 1 rings (SSSR count). The normalized spacial score (nSPS) is 27.2. The summed E-state index contributed by atoms with van der Waals surface area (Å²) >= 11 is 0. The molecule has 0 spiro atoms. The minimum atomic E-state index is -0.674. The van der Waals surface area contributed by atoms with Gasteiger partial charge in [-0.1, -0.05) is 26.2 Å². The molecule has 4 nitrogen and oxygen atoms in total. The van der Waals surface area contributed by atoms with Gasteiger partial charge in [-0.3, -0.25) is 10.1 Å². The summed E-state index contributed by atoms with van der Waals surface area (Å²) in [6.45, 7) is 3.87. The molecule has 2 N–H and O–H groups in total. The van der Waals surface area contributed by atoms with E-state index in [0.717, 1.165) is 25.7 Å². The van der Waals surface area contributed by atoms with Crippen molar-refractivity contribution >= 4 is 11.9 Å². The molecule has 0 saturated carbocycles. The second-order valence-electron chi connectivity index (χ2n) is 3.70. The lowest BCUT2D eigenvalue weighted by Gasteiger charge is -2.19. The van der Waals surface area contributed by atoms with Crippen LogP contribution in [-0.2, 0) is 4.79 Å². The van der Waals surface area contributed by atoms with E-state index in [-0.39, 0.29) is 11.9 Å². The highest BCUT2D eigenvalue weighted by molar-refractivity contribution is 6.06. The Morgan fingerprint density at radius 2 is 2.00 bits per heavy atom. The molecule has 1 aliphatic rings. The molecule has 1 unspecified atom stereocenters. The Labute approximate surface area is 78.1 Å². The largest absolute Gasteiger partial charge is 0.324 e. The molecule has 74 valence electrons. The van der Waals surface area contributed by atoms with E-state index in [1.54, 1.807) is 6.92 Å². The quantitative estimate of drug-likeness (QED) is 0.509. The van der Waals surface area contributed by atoms with E-state index in [2.05, 4.69) is 17.6 Å². The standard InChI is InChI=1S/C9H16N2O2/c1-3-4-5-6-9(2)7(12)10-8(13)11-9/h3-6H2,1-2H3,(H2,10,11,12,13). The molecule has 0 radical (unpaired) electrons. The van der Waals surface area contributed by atoms with Crippen LogP contribution in [-0.4, -0.2) is 17.5 Å². The van der Waals surface area contributed by atoms with Gasteiger partial charge in [-0.15, -0.1) is 0 Å². The first-order valence-corrected chi connectivity index (χ1v) is 4.72. The Morgan fingerprint density at radius 1 is 1.31 bits per heavy atom. The van der Waals surface area contributed by atoms with Gasteiger partial charge in [0.1, 0.15) is 5.54 Å². The van der Waals surface area contributed by atoms with Crippen LogP contribution in [0, 0.1) is 0 Å². The van der Waals surface area contributed by atoms with E-state index >= 15 is 0 Å². The summed E-state index contributed by atoms with van der Waals surface area (Å²) < 4.78 is 0. The maximum Gasteiger partial charge on any atom is 0.322 e. The Bertz CT molecular complexity index is 228. The van der Waals surface area contributed by atoms with Crippen LogP contribution in [0.15, 0.2) is 0 Å². The zero-order valence-electron chi connectivity index (χ0n) is 8.14. The van der Waals surface area contributed by atoms with Crippen molar-refractivity contribution in [1.82, 2.24) is 10.6 Å². The van der Waals surface area contributed by atoms with Crippen molar-refractivity contribution in [3.8, 4) is 0 Å². The first kappa shape index (κ1) is 10.0. The van der Waals surface area contributed by atoms with Crippen molar-refractivity contribution in [2.24, 2.45) is 0 Å². The van der Waals surface area contributed by atoms with Gasteiger partial charge < -0.3 is 5.32 Å². The van der Waals surface area contributed by atoms with Crippen LogP contribution in [0.3, 0.4) is 0 Å². The summed E-state index contributed by atoms with van der Waals surface area (Å²) in [5, 5.41) is 4.88. The molecule has 0 bridgehead atoms. The summed E-state index contributed by atoms with van der Waals surface area (Å²) in [6.07, 6.45) is 3.91. The lowest BCUT2D eigenvalue weighted by Crippen LogP contribution is -2.43. The molecule has 0 aromatic heterocycles. The number of carbonyl (C=O) groups is 2. The molecule has 0 aliphatic carbocycles. The monoisotopic (exact) mass is 184 g/mol. The van der Waals surface area contributed by atoms with Crippen LogP contribution in [0.25, 0.3) is 0 Å². The fraction of sp³-hybridized carbons (Fsp3) is 0.778. The smallest absolute Gasteiger partial charge is 0.322 e. The summed E-state index contributed by atoms with van der Waals surface area (Å²) in [6, 6.07) is -0.371. The molecule has 1 saturated heterocycles.